The summed E-state index contributed by atoms with van der Waals surface area (Å²) in [5, 5.41) is 0. The average Bonchev–Trinajstić information content (AvgIpc) is 3.16. The molecule has 0 N–H and O–H groups in total. The minimum Gasteiger partial charge on any atom is -0.310 e. The average molecular weight is 603 g/mol. The summed E-state index contributed by atoms with van der Waals surface area (Å²) in [6.07, 6.45) is 1.89. The Labute approximate surface area is 207 Å². The summed E-state index contributed by atoms with van der Waals surface area (Å²) in [6, 6.07) is 42.4. The van der Waals surface area contributed by atoms with E-state index >= 15 is 0 Å². The Morgan fingerprint density at radius 1 is 0.606 bits per heavy atom. The summed E-state index contributed by atoms with van der Waals surface area (Å²) in [5.41, 5.74) is 10.3. The SMILES string of the molecule is [Pt].[c-]1cccc2c1-c1ncccc1C21c2ccccc2N(c2ccccc2)c2ccccc21. The molecule has 2 aliphatic rings. The number of anilines is 3. The maximum Gasteiger partial charge on any atom is 0.0501 e. The first-order valence-corrected chi connectivity index (χ1v) is 10.9. The van der Waals surface area contributed by atoms with Gasteiger partial charge in [0, 0.05) is 38.4 Å². The van der Waals surface area contributed by atoms with Crippen molar-refractivity contribution in [3.05, 3.63) is 144 Å². The molecule has 160 valence electrons. The van der Waals surface area contributed by atoms with Gasteiger partial charge in [0.15, 0.2) is 0 Å². The second kappa shape index (κ2) is 7.54. The van der Waals surface area contributed by atoms with Gasteiger partial charge in [0.1, 0.15) is 0 Å². The molecule has 2 nitrogen and oxygen atoms in total. The molecule has 0 amide bonds. The number of nitrogens with zero attached hydrogens (tertiary/aromatic N) is 2. The zero-order valence-electron chi connectivity index (χ0n) is 17.7. The summed E-state index contributed by atoms with van der Waals surface area (Å²) < 4.78 is 0. The maximum absolute atomic E-state index is 4.83. The van der Waals surface area contributed by atoms with Gasteiger partial charge in [-0.1, -0.05) is 66.2 Å². The Balaban J connectivity index is 0.00000206. The minimum absolute atomic E-state index is 0. The molecular weight excluding hydrogens is 583 g/mol. The fraction of sp³-hybridized carbons (Fsp3) is 0.0333. The van der Waals surface area contributed by atoms with Crippen LogP contribution in [-0.4, -0.2) is 4.98 Å². The van der Waals surface area contributed by atoms with Crippen molar-refractivity contribution in [2.45, 2.75) is 5.41 Å². The van der Waals surface area contributed by atoms with Crippen LogP contribution in [0.25, 0.3) is 11.3 Å². The number of rotatable bonds is 1. The molecule has 1 aliphatic carbocycles. The number of fused-ring (bicyclic) bond motifs is 9. The van der Waals surface area contributed by atoms with Gasteiger partial charge in [-0.25, -0.2) is 0 Å². The van der Waals surface area contributed by atoms with Gasteiger partial charge in [-0.2, -0.15) is 0 Å². The third-order valence-electron chi connectivity index (χ3n) is 6.82. The first kappa shape index (κ1) is 20.1. The minimum atomic E-state index is -0.421. The summed E-state index contributed by atoms with van der Waals surface area (Å²) in [5.74, 6) is 0. The van der Waals surface area contributed by atoms with Gasteiger partial charge < -0.3 is 9.88 Å². The molecule has 33 heavy (non-hydrogen) atoms. The van der Waals surface area contributed by atoms with E-state index in [1.807, 2.05) is 12.3 Å². The summed E-state index contributed by atoms with van der Waals surface area (Å²) >= 11 is 0. The van der Waals surface area contributed by atoms with Crippen LogP contribution < -0.4 is 4.90 Å². The maximum atomic E-state index is 4.83. The molecule has 0 atom stereocenters. The number of pyridine rings is 1. The van der Waals surface area contributed by atoms with Crippen molar-refractivity contribution < 1.29 is 21.1 Å². The van der Waals surface area contributed by atoms with Crippen LogP contribution >= 0.6 is 0 Å². The van der Waals surface area contributed by atoms with Crippen molar-refractivity contribution in [3.63, 3.8) is 0 Å². The van der Waals surface area contributed by atoms with Crippen molar-refractivity contribution in [1.82, 2.24) is 4.98 Å². The predicted molar refractivity (Wildman–Crippen MR) is 129 cm³/mol. The largest absolute Gasteiger partial charge is 0.310 e. The number of hydrogen-bond donors (Lipinski definition) is 0. The number of para-hydroxylation sites is 3. The summed E-state index contributed by atoms with van der Waals surface area (Å²) in [7, 11) is 0. The van der Waals surface area contributed by atoms with Gasteiger partial charge in [-0.3, -0.25) is 0 Å². The molecule has 1 aromatic heterocycles. The molecule has 0 unspecified atom stereocenters. The Morgan fingerprint density at radius 3 is 1.94 bits per heavy atom. The number of benzene rings is 4. The Hall–Kier alpha value is -3.48. The smallest absolute Gasteiger partial charge is 0.0501 e. The molecule has 1 aliphatic heterocycles. The van der Waals surface area contributed by atoms with E-state index in [4.69, 9.17) is 4.98 Å². The van der Waals surface area contributed by atoms with Crippen LogP contribution in [0.1, 0.15) is 22.3 Å². The van der Waals surface area contributed by atoms with Crippen LogP contribution in [0.2, 0.25) is 0 Å². The summed E-state index contributed by atoms with van der Waals surface area (Å²) in [4.78, 5) is 7.21. The van der Waals surface area contributed by atoms with Crippen molar-refractivity contribution in [2.24, 2.45) is 0 Å². The molecule has 4 aromatic carbocycles. The molecule has 0 bridgehead atoms. The van der Waals surface area contributed by atoms with E-state index in [1.54, 1.807) is 0 Å². The Morgan fingerprint density at radius 2 is 1.21 bits per heavy atom. The molecule has 0 saturated carbocycles. The zero-order chi connectivity index (χ0) is 21.1. The fourth-order valence-electron chi connectivity index (χ4n) is 5.68. The summed E-state index contributed by atoms with van der Waals surface area (Å²) in [6.45, 7) is 0. The van der Waals surface area contributed by atoms with Gasteiger partial charge in [-0.15, -0.1) is 35.4 Å². The van der Waals surface area contributed by atoms with Gasteiger partial charge >= 0.3 is 0 Å². The number of hydrogen-bond acceptors (Lipinski definition) is 2. The van der Waals surface area contributed by atoms with E-state index in [-0.39, 0.29) is 21.1 Å². The fourth-order valence-corrected chi connectivity index (χ4v) is 5.68. The van der Waals surface area contributed by atoms with Crippen LogP contribution in [0.15, 0.2) is 115 Å². The molecule has 7 rings (SSSR count). The molecule has 2 heterocycles. The molecule has 3 heteroatoms. The van der Waals surface area contributed by atoms with Crippen molar-refractivity contribution in [2.75, 3.05) is 4.90 Å². The topological polar surface area (TPSA) is 16.1 Å². The molecule has 0 radical (unpaired) electrons. The van der Waals surface area contributed by atoms with E-state index in [0.717, 1.165) is 16.9 Å². The zero-order valence-corrected chi connectivity index (χ0v) is 20.0. The van der Waals surface area contributed by atoms with Gasteiger partial charge in [0.25, 0.3) is 0 Å². The molecule has 5 aromatic rings. The van der Waals surface area contributed by atoms with Crippen LogP contribution in [0.5, 0.6) is 0 Å². The van der Waals surface area contributed by atoms with E-state index in [2.05, 4.69) is 114 Å². The van der Waals surface area contributed by atoms with E-state index in [0.29, 0.717) is 0 Å². The van der Waals surface area contributed by atoms with Crippen molar-refractivity contribution >= 4 is 17.1 Å². The van der Waals surface area contributed by atoms with Gasteiger partial charge in [-0.05, 0) is 47.2 Å². The molecular formula is C30H19N2Pt-. The third kappa shape index (κ3) is 2.56. The van der Waals surface area contributed by atoms with Gasteiger partial charge in [0.2, 0.25) is 0 Å². The quantitative estimate of drug-likeness (QED) is 0.188. The van der Waals surface area contributed by atoms with E-state index in [9.17, 15) is 0 Å². The molecule has 0 saturated heterocycles. The molecule has 0 fully saturated rings. The third-order valence-corrected chi connectivity index (χ3v) is 6.82. The van der Waals surface area contributed by atoms with Crippen LogP contribution in [0, 0.1) is 6.07 Å². The first-order chi connectivity index (χ1) is 15.9. The second-order valence-corrected chi connectivity index (χ2v) is 8.31. The van der Waals surface area contributed by atoms with Crippen molar-refractivity contribution in [1.29, 1.82) is 0 Å². The number of aromatic nitrogens is 1. The second-order valence-electron chi connectivity index (χ2n) is 8.31. The van der Waals surface area contributed by atoms with Crippen LogP contribution in [0.4, 0.5) is 17.1 Å². The van der Waals surface area contributed by atoms with Crippen LogP contribution in [-0.2, 0) is 26.5 Å². The standard InChI is InChI=1S/C30H19N2.Pt/c1-2-11-21(12-3-1)32-27-18-8-6-15-24(27)30(25-16-7-9-19-28(25)32)23-14-5-4-13-22(23)29-26(30)17-10-20-31-29;/h1-12,14-20H;/q-1;. The predicted octanol–water partition coefficient (Wildman–Crippen LogP) is 7.03. The monoisotopic (exact) mass is 602 g/mol. The Bertz CT molecular complexity index is 1400. The first-order valence-electron chi connectivity index (χ1n) is 10.9. The van der Waals surface area contributed by atoms with Crippen molar-refractivity contribution in [3.8, 4) is 11.3 Å². The van der Waals surface area contributed by atoms with Gasteiger partial charge in [0.05, 0.1) is 11.4 Å². The molecule has 1 spiro atoms. The Kier molecular flexibility index (Phi) is 4.60. The van der Waals surface area contributed by atoms with E-state index in [1.165, 1.54) is 33.6 Å². The normalized spacial score (nSPS) is 14.0. The van der Waals surface area contributed by atoms with Crippen LogP contribution in [0.3, 0.4) is 0 Å². The van der Waals surface area contributed by atoms with E-state index < -0.39 is 5.41 Å².